The molecule has 0 radical (unpaired) electrons. The van der Waals surface area contributed by atoms with Crippen molar-refractivity contribution in [1.82, 2.24) is 19.9 Å². The van der Waals surface area contributed by atoms with Gasteiger partial charge in [0, 0.05) is 87.8 Å². The van der Waals surface area contributed by atoms with Gasteiger partial charge in [-0.1, -0.05) is 307 Å². The van der Waals surface area contributed by atoms with Gasteiger partial charge in [0.2, 0.25) is 0 Å². The monoisotopic (exact) mass is 1560 g/mol. The van der Waals surface area contributed by atoms with E-state index in [1.807, 2.05) is 0 Å². The summed E-state index contributed by atoms with van der Waals surface area (Å²) in [5.41, 5.74) is 31.6. The van der Waals surface area contributed by atoms with Crippen LogP contribution in [0.5, 0.6) is 0 Å². The van der Waals surface area contributed by atoms with Crippen LogP contribution in [-0.2, 0) is 32.5 Å². The van der Waals surface area contributed by atoms with Crippen molar-refractivity contribution in [1.29, 1.82) is 0 Å². The highest BCUT2D eigenvalue weighted by molar-refractivity contribution is 6.32. The molecule has 10 aromatic carbocycles. The van der Waals surface area contributed by atoms with Gasteiger partial charge in [0.25, 0.3) is 0 Å². The van der Waals surface area contributed by atoms with Crippen LogP contribution < -0.4 is 21.4 Å². The van der Waals surface area contributed by atoms with Crippen LogP contribution in [0.2, 0.25) is 0 Å². The third kappa shape index (κ3) is 12.7. The molecule has 0 saturated carbocycles. The molecule has 8 heteroatoms. The van der Waals surface area contributed by atoms with Crippen molar-refractivity contribution in [2.45, 2.75) is 157 Å². The van der Waals surface area contributed by atoms with Gasteiger partial charge in [0.05, 0.1) is 56.3 Å². The molecule has 16 bridgehead atoms. The Morgan fingerprint density at radius 1 is 0.217 bits per heavy atom. The van der Waals surface area contributed by atoms with Crippen molar-refractivity contribution in [2.75, 3.05) is 0 Å². The predicted molar refractivity (Wildman–Crippen MR) is 501 cm³/mol. The van der Waals surface area contributed by atoms with Crippen molar-refractivity contribution >= 4 is 77.8 Å². The molecular formula is C112H102N8. The normalized spacial score (nSPS) is 15.2. The van der Waals surface area contributed by atoms with Crippen LogP contribution in [0.3, 0.4) is 0 Å². The number of allylic oxidation sites excluding steroid dienone is 6. The number of nitrogens with zero attached hydrogens (tertiary/aromatic N) is 4. The predicted octanol–water partition coefficient (Wildman–Crippen LogP) is 24.7. The summed E-state index contributed by atoms with van der Waals surface area (Å²) in [6, 6.07) is 91.5. The second-order valence-electron chi connectivity index (χ2n) is 39.8. The minimum atomic E-state index is -0.238. The highest BCUT2D eigenvalue weighted by Gasteiger charge is 2.39. The van der Waals surface area contributed by atoms with E-state index in [0.29, 0.717) is 0 Å². The molecule has 8 nitrogen and oxygen atoms in total. The number of aromatic nitrogens is 4. The zero-order valence-corrected chi connectivity index (χ0v) is 72.2. The van der Waals surface area contributed by atoms with Gasteiger partial charge in [-0.15, -0.1) is 0 Å². The van der Waals surface area contributed by atoms with Crippen molar-refractivity contribution in [3.63, 3.8) is 0 Å². The van der Waals surface area contributed by atoms with E-state index in [-0.39, 0.29) is 32.5 Å². The molecule has 6 aliphatic rings. The van der Waals surface area contributed by atoms with E-state index in [1.165, 1.54) is 33.4 Å². The number of aromatic amines is 4. The number of rotatable bonds is 7. The summed E-state index contributed by atoms with van der Waals surface area (Å²) in [7, 11) is 0. The molecular weight excluding hydrogens is 1460 g/mol. The van der Waals surface area contributed by atoms with Gasteiger partial charge in [0.1, 0.15) is 0 Å². The zero-order valence-electron chi connectivity index (χ0n) is 72.2. The van der Waals surface area contributed by atoms with E-state index in [0.717, 1.165) is 210 Å². The molecule has 4 aromatic heterocycles. The lowest BCUT2D eigenvalue weighted by Crippen LogP contribution is -2.17. The third-order valence-electron chi connectivity index (χ3n) is 25.4. The van der Waals surface area contributed by atoms with E-state index in [9.17, 15) is 0 Å². The van der Waals surface area contributed by atoms with Gasteiger partial charge < -0.3 is 19.9 Å². The smallest absolute Gasteiger partial charge is 0.0958 e. The van der Waals surface area contributed by atoms with E-state index >= 15 is 0 Å². The Kier molecular flexibility index (Phi) is 17.2. The molecule has 0 aliphatic carbocycles. The first-order chi connectivity index (χ1) is 57.3. The van der Waals surface area contributed by atoms with Crippen molar-refractivity contribution < 1.29 is 0 Å². The number of H-pyrrole nitrogens is 4. The third-order valence-corrected chi connectivity index (χ3v) is 25.4. The summed E-state index contributed by atoms with van der Waals surface area (Å²) in [6.07, 6.45) is 8.86. The highest BCUT2D eigenvalue weighted by atomic mass is 14.9. The minimum Gasteiger partial charge on any atom is -0.354 e. The van der Waals surface area contributed by atoms with Crippen LogP contribution in [0.25, 0.3) is 88.6 Å². The summed E-state index contributed by atoms with van der Waals surface area (Å²) < 4.78 is 0. The second-order valence-corrected chi connectivity index (χ2v) is 39.8. The lowest BCUT2D eigenvalue weighted by molar-refractivity contribution is 0.590. The maximum Gasteiger partial charge on any atom is 0.0958 e. The number of hydrogen-bond acceptors (Lipinski definition) is 4. The summed E-state index contributed by atoms with van der Waals surface area (Å²) in [6.45, 7) is 41.4. The Morgan fingerprint density at radius 3 is 0.842 bits per heavy atom. The fraction of sp³-hybridized carbons (Fsp3) is 0.214. The number of aliphatic imine (C=N–C) groups is 2. The first kappa shape index (κ1) is 75.7. The van der Waals surface area contributed by atoms with Crippen LogP contribution >= 0.6 is 0 Å². The topological polar surface area (TPSA) is 113 Å². The quantitative estimate of drug-likeness (QED) is 0.122. The molecule has 590 valence electrons. The Morgan fingerprint density at radius 2 is 0.517 bits per heavy atom. The number of benzene rings is 10. The van der Waals surface area contributed by atoms with Crippen LogP contribution in [0.4, 0.5) is 0 Å². The summed E-state index contributed by atoms with van der Waals surface area (Å²) >= 11 is 0. The second kappa shape index (κ2) is 27.3. The Labute approximate surface area is 703 Å². The molecule has 0 amide bonds. The van der Waals surface area contributed by atoms with Gasteiger partial charge >= 0.3 is 0 Å². The van der Waals surface area contributed by atoms with E-state index in [4.69, 9.17) is 20.0 Å². The molecule has 14 aromatic rings. The summed E-state index contributed by atoms with van der Waals surface area (Å²) in [5.74, 6) is 0. The highest BCUT2D eigenvalue weighted by Crippen LogP contribution is 2.54. The van der Waals surface area contributed by atoms with Gasteiger partial charge in [-0.2, -0.15) is 0 Å². The summed E-state index contributed by atoms with van der Waals surface area (Å²) in [4.78, 5) is 41.6. The standard InChI is InChI=1S/C112H102N8/c1-107(2,3)69-37-29-65(30-38-69)93-79-49-51-81(113-79)95(67-33-41-71(42-34-67)109(7,8)9)85-57-59-89(117-85)103-101(99-91(63-25-21-19-22-26-63)77-61-73(111(13,14)15)45-47-75(77)97(105(99)119-103)87-55-53-83(93)115-87)102-100-92(64-27-23-20-24-28-64)78-62-74(112(16,17)18)46-48-76(78)98-88-56-54-84(116-88)94(66-31-39-70(40-32-66)108(4,5)6)80-50-52-82(114-80)96(68-35-43-72(44-36-68)110(10,11)12)86-58-60-90(118-86)104(102)120-106(98)100/h19-62,115-118H,1-18H3. The minimum absolute atomic E-state index is 0.0619. The molecule has 120 heavy (non-hydrogen) atoms. The first-order valence-electron chi connectivity index (χ1n) is 42.6. The van der Waals surface area contributed by atoms with Crippen LogP contribution in [0.1, 0.15) is 214 Å². The maximum absolute atomic E-state index is 6.50. The molecule has 0 spiro atoms. The molecule has 0 atom stereocenters. The number of nitrogens with one attached hydrogen (secondary N) is 4. The van der Waals surface area contributed by atoms with Gasteiger partial charge in [-0.25, -0.2) is 20.0 Å². The molecule has 20 rings (SSSR count). The van der Waals surface area contributed by atoms with E-state index < -0.39 is 0 Å². The van der Waals surface area contributed by atoms with Gasteiger partial charge in [0.15, 0.2) is 0 Å². The molecule has 0 saturated heterocycles. The molecule has 0 fully saturated rings. The zero-order chi connectivity index (χ0) is 83.2. The average Bonchev–Trinajstić information content (AvgIpc) is 1.52. The van der Waals surface area contributed by atoms with E-state index in [2.05, 4.69) is 412 Å². The SMILES string of the molecule is CC(C)(C)c1ccc(C2=C3C=CC(=N3)C(c3ccc(C(C)(C)C)cc3)=c3ccc([nH]3)=c3c4c(c(-c5ccccc5)c5cc(C(C)(C)C)ccc35)C(C3=C5N=c6c3c(-c3ccccc3)c3cc(C(C)(C)C)ccc3c6=c3ccc([nH]3)=C(c3ccc(C(C)(C)C)cc3)C3=NC(=C(c6ccc(C(C)(C)C)cc6)c6ccc5[nH]6)C=C3)=C(N=4)c3ccc2[nH]3)cc1. The van der Waals surface area contributed by atoms with E-state index in [1.54, 1.807) is 0 Å². The fourth-order valence-electron chi connectivity index (χ4n) is 18.7. The lowest BCUT2D eigenvalue weighted by atomic mass is 9.78. The molecule has 10 heterocycles. The Balaban J connectivity index is 1.02. The maximum atomic E-state index is 6.50. The van der Waals surface area contributed by atoms with Crippen LogP contribution in [-0.4, -0.2) is 31.4 Å². The number of hydrogen-bond donors (Lipinski definition) is 4. The Hall–Kier alpha value is -13.0. The van der Waals surface area contributed by atoms with Crippen molar-refractivity contribution in [3.05, 3.63) is 410 Å². The lowest BCUT2D eigenvalue weighted by Gasteiger charge is -2.24. The van der Waals surface area contributed by atoms with Crippen molar-refractivity contribution in [3.8, 4) is 22.3 Å². The fourth-order valence-corrected chi connectivity index (χ4v) is 18.7. The average molecular weight is 1560 g/mol. The van der Waals surface area contributed by atoms with Crippen LogP contribution in [0.15, 0.2) is 298 Å². The van der Waals surface area contributed by atoms with Crippen LogP contribution in [0, 0.1) is 21.1 Å². The Bertz CT molecular complexity index is 7060. The molecule has 6 aliphatic heterocycles. The van der Waals surface area contributed by atoms with Gasteiger partial charge in [-0.3, -0.25) is 0 Å². The largest absolute Gasteiger partial charge is 0.354 e. The molecule has 0 unspecified atom stereocenters. The summed E-state index contributed by atoms with van der Waals surface area (Å²) in [5, 5.41) is 11.8. The van der Waals surface area contributed by atoms with Crippen molar-refractivity contribution in [2.24, 2.45) is 20.0 Å². The van der Waals surface area contributed by atoms with Gasteiger partial charge in [-0.05, 0) is 217 Å². The molecule has 4 N–H and O–H groups in total. The first-order valence-corrected chi connectivity index (χ1v) is 42.6. The number of fused-ring (bicyclic) bond motifs is 18.